The van der Waals surface area contributed by atoms with Crippen LogP contribution in [0.4, 0.5) is 8.78 Å². The molecule has 0 aromatic heterocycles. The van der Waals surface area contributed by atoms with E-state index in [1.807, 2.05) is 13.8 Å². The van der Waals surface area contributed by atoms with Gasteiger partial charge in [0.1, 0.15) is 0 Å². The van der Waals surface area contributed by atoms with Gasteiger partial charge < -0.3 is 10.2 Å². The molecule has 4 aliphatic rings. The van der Waals surface area contributed by atoms with Crippen LogP contribution in [0.3, 0.4) is 0 Å². The summed E-state index contributed by atoms with van der Waals surface area (Å²) in [6, 6.07) is 0. The van der Waals surface area contributed by atoms with Crippen molar-refractivity contribution in [2.45, 2.75) is 97.5 Å². The van der Waals surface area contributed by atoms with Crippen molar-refractivity contribution in [2.75, 3.05) is 0 Å². The van der Waals surface area contributed by atoms with Gasteiger partial charge in [0.2, 0.25) is 0 Å². The number of halogens is 2. The Balaban J connectivity index is 1.65. The molecule has 4 fully saturated rings. The summed E-state index contributed by atoms with van der Waals surface area (Å²) in [4.78, 5) is 11.8. The van der Waals surface area contributed by atoms with E-state index in [4.69, 9.17) is 0 Å². The molecular formula is C25H40F2O3. The van der Waals surface area contributed by atoms with Crippen molar-refractivity contribution in [3.63, 3.8) is 0 Å². The fourth-order valence-electron chi connectivity index (χ4n) is 9.09. The average molecular weight is 427 g/mol. The molecule has 0 saturated heterocycles. The van der Waals surface area contributed by atoms with Gasteiger partial charge in [-0.05, 0) is 91.8 Å². The Labute approximate surface area is 180 Å². The van der Waals surface area contributed by atoms with Gasteiger partial charge >= 0.3 is 5.97 Å². The molecule has 0 aromatic rings. The Bertz CT molecular complexity index is 681. The van der Waals surface area contributed by atoms with Crippen molar-refractivity contribution in [2.24, 2.45) is 52.3 Å². The molecule has 10 atom stereocenters. The van der Waals surface area contributed by atoms with E-state index in [1.54, 1.807) is 0 Å². The number of aliphatic hydroxyl groups excluding tert-OH is 1. The van der Waals surface area contributed by atoms with E-state index in [9.17, 15) is 15.0 Å². The molecule has 6 unspecified atom stereocenters. The average Bonchev–Trinajstić information content (AvgIpc) is 3.00. The van der Waals surface area contributed by atoms with Crippen LogP contribution >= 0.6 is 0 Å². The molecule has 0 amide bonds. The van der Waals surface area contributed by atoms with Crippen LogP contribution in [0.15, 0.2) is 0 Å². The van der Waals surface area contributed by atoms with E-state index in [-0.39, 0.29) is 46.8 Å². The molecule has 0 heterocycles. The Kier molecular flexibility index (Phi) is 5.56. The quantitative estimate of drug-likeness (QED) is 0.580. The number of alkyl halides is 2. The highest BCUT2D eigenvalue weighted by Crippen LogP contribution is 2.71. The summed E-state index contributed by atoms with van der Waals surface area (Å²) in [7, 11) is 0. The van der Waals surface area contributed by atoms with Gasteiger partial charge in [0.25, 0.3) is 5.92 Å². The predicted molar refractivity (Wildman–Crippen MR) is 112 cm³/mol. The normalized spacial score (nSPS) is 49.4. The first-order valence-corrected chi connectivity index (χ1v) is 12.2. The smallest absolute Gasteiger partial charge is 0.306 e. The van der Waals surface area contributed by atoms with Crippen LogP contribution < -0.4 is 0 Å². The van der Waals surface area contributed by atoms with Crippen molar-refractivity contribution < 1.29 is 23.8 Å². The summed E-state index contributed by atoms with van der Waals surface area (Å²) in [5.74, 6) is -4.27. The third kappa shape index (κ3) is 3.16. The Morgan fingerprint density at radius 2 is 1.70 bits per heavy atom. The molecule has 0 aromatic carbocycles. The van der Waals surface area contributed by atoms with E-state index in [1.165, 1.54) is 0 Å². The van der Waals surface area contributed by atoms with Crippen molar-refractivity contribution in [1.82, 2.24) is 0 Å². The van der Waals surface area contributed by atoms with Gasteiger partial charge in [-0.15, -0.1) is 0 Å². The largest absolute Gasteiger partial charge is 0.481 e. The zero-order valence-corrected chi connectivity index (χ0v) is 19.0. The highest BCUT2D eigenvalue weighted by atomic mass is 19.3. The lowest BCUT2D eigenvalue weighted by Crippen LogP contribution is -2.61. The summed E-state index contributed by atoms with van der Waals surface area (Å²) in [6.45, 7) is 8.40. The molecule has 172 valence electrons. The monoisotopic (exact) mass is 426 g/mol. The third-order valence-corrected chi connectivity index (χ3v) is 10.7. The SMILES string of the molecule is CCC(C(=O)O)[C@@H](C)[C@H]1CCC2C3C(CCC21C)C1(C)CC[C@@H](O)C[C@H]1CC3(F)F. The van der Waals surface area contributed by atoms with Crippen molar-refractivity contribution >= 4 is 5.97 Å². The highest BCUT2D eigenvalue weighted by Gasteiger charge is 2.68. The van der Waals surface area contributed by atoms with E-state index in [2.05, 4.69) is 13.8 Å². The highest BCUT2D eigenvalue weighted by molar-refractivity contribution is 5.70. The zero-order valence-electron chi connectivity index (χ0n) is 19.0. The van der Waals surface area contributed by atoms with Crippen LogP contribution in [0.2, 0.25) is 0 Å². The van der Waals surface area contributed by atoms with Crippen LogP contribution in [0.25, 0.3) is 0 Å². The topological polar surface area (TPSA) is 57.5 Å². The predicted octanol–water partition coefficient (Wildman–Crippen LogP) is 6.00. The molecule has 4 saturated carbocycles. The molecule has 5 heteroatoms. The third-order valence-electron chi connectivity index (χ3n) is 10.7. The van der Waals surface area contributed by atoms with Crippen LogP contribution in [0, 0.1) is 52.3 Å². The summed E-state index contributed by atoms with van der Waals surface area (Å²) >= 11 is 0. The number of fused-ring (bicyclic) bond motifs is 5. The second-order valence-electron chi connectivity index (χ2n) is 11.8. The summed E-state index contributed by atoms with van der Waals surface area (Å²) in [5.41, 5.74) is -0.284. The molecule has 0 spiro atoms. The molecule has 3 nitrogen and oxygen atoms in total. The molecule has 30 heavy (non-hydrogen) atoms. The van der Waals surface area contributed by atoms with Crippen molar-refractivity contribution in [3.8, 4) is 0 Å². The Hall–Kier alpha value is -0.710. The van der Waals surface area contributed by atoms with E-state index in [0.717, 1.165) is 38.5 Å². The van der Waals surface area contributed by atoms with Gasteiger partial charge in [-0.2, -0.15) is 0 Å². The van der Waals surface area contributed by atoms with Gasteiger partial charge in [-0.3, -0.25) is 4.79 Å². The minimum absolute atomic E-state index is 0.0180. The van der Waals surface area contributed by atoms with Gasteiger partial charge in [0.15, 0.2) is 0 Å². The van der Waals surface area contributed by atoms with Crippen LogP contribution in [-0.4, -0.2) is 28.2 Å². The summed E-state index contributed by atoms with van der Waals surface area (Å²) in [6.07, 6.45) is 5.65. The van der Waals surface area contributed by atoms with Gasteiger partial charge in [0, 0.05) is 12.3 Å². The lowest BCUT2D eigenvalue weighted by molar-refractivity contribution is -0.238. The van der Waals surface area contributed by atoms with E-state index in [0.29, 0.717) is 12.8 Å². The molecule has 0 aliphatic heterocycles. The number of carboxylic acids is 1. The van der Waals surface area contributed by atoms with Crippen LogP contribution in [0.5, 0.6) is 0 Å². The number of aliphatic hydroxyl groups is 1. The van der Waals surface area contributed by atoms with Crippen LogP contribution in [-0.2, 0) is 4.79 Å². The maximum atomic E-state index is 15.7. The number of carbonyl (C=O) groups is 1. The second-order valence-corrected chi connectivity index (χ2v) is 11.8. The van der Waals surface area contributed by atoms with Crippen molar-refractivity contribution in [1.29, 1.82) is 0 Å². The fraction of sp³-hybridized carbons (Fsp3) is 0.960. The number of aliphatic carboxylic acids is 1. The number of hydrogen-bond acceptors (Lipinski definition) is 2. The standard InChI is InChI=1S/C25H40F2O3/c1-5-17(22(29)30)14(2)18-6-7-19-21-20(9-11-24(18,19)4)23(3)10-8-16(28)12-15(23)13-25(21,26)27/h14-21,28H,5-13H2,1-4H3,(H,29,30)/t14-,15+,16-,17?,18-,19?,20?,21?,23?,24?/m1/s1. The van der Waals surface area contributed by atoms with Gasteiger partial charge in [-0.25, -0.2) is 8.78 Å². The minimum Gasteiger partial charge on any atom is -0.481 e. The van der Waals surface area contributed by atoms with E-state index >= 15 is 8.78 Å². The maximum absolute atomic E-state index is 15.7. The van der Waals surface area contributed by atoms with E-state index < -0.39 is 29.8 Å². The first-order chi connectivity index (χ1) is 14.0. The van der Waals surface area contributed by atoms with Crippen LogP contribution in [0.1, 0.15) is 85.5 Å². The Morgan fingerprint density at radius 1 is 1.07 bits per heavy atom. The number of carboxylic acid groups (broad SMARTS) is 1. The number of hydrogen-bond donors (Lipinski definition) is 2. The molecule has 0 radical (unpaired) electrons. The fourth-order valence-corrected chi connectivity index (χ4v) is 9.09. The summed E-state index contributed by atoms with van der Waals surface area (Å²) < 4.78 is 31.4. The lowest BCUT2D eigenvalue weighted by Gasteiger charge is -2.63. The molecule has 0 bridgehead atoms. The second kappa shape index (κ2) is 7.42. The summed E-state index contributed by atoms with van der Waals surface area (Å²) in [5, 5.41) is 19.8. The van der Waals surface area contributed by atoms with Gasteiger partial charge in [0.05, 0.1) is 12.0 Å². The zero-order chi connectivity index (χ0) is 22.1. The molecule has 2 N–H and O–H groups in total. The maximum Gasteiger partial charge on any atom is 0.306 e. The Morgan fingerprint density at radius 3 is 2.33 bits per heavy atom. The molecule has 4 rings (SSSR count). The minimum atomic E-state index is -2.69. The lowest BCUT2D eigenvalue weighted by atomic mass is 9.43. The number of rotatable bonds is 4. The molecular weight excluding hydrogens is 386 g/mol. The first kappa shape index (κ1) is 22.5. The molecule has 4 aliphatic carbocycles. The first-order valence-electron chi connectivity index (χ1n) is 12.2. The van der Waals surface area contributed by atoms with Gasteiger partial charge in [-0.1, -0.05) is 27.7 Å². The van der Waals surface area contributed by atoms with Crippen molar-refractivity contribution in [3.05, 3.63) is 0 Å².